The lowest BCUT2D eigenvalue weighted by molar-refractivity contribution is 0.277. The van der Waals surface area contributed by atoms with Crippen molar-refractivity contribution in [2.75, 3.05) is 20.6 Å². The second-order valence-electron chi connectivity index (χ2n) is 3.06. The minimum Gasteiger partial charge on any atom is -0.313 e. The molecule has 9 heavy (non-hydrogen) atoms. The van der Waals surface area contributed by atoms with Gasteiger partial charge >= 0.3 is 0 Å². The average Bonchev–Trinajstić information content (AvgIpc) is 2.13. The van der Waals surface area contributed by atoms with Crippen molar-refractivity contribution in [3.63, 3.8) is 0 Å². The Bertz CT molecular complexity index is 90.9. The Kier molecular flexibility index (Phi) is 2.09. The van der Waals surface area contributed by atoms with Crippen LogP contribution in [0.2, 0.25) is 0 Å². The van der Waals surface area contributed by atoms with E-state index in [1.54, 1.807) is 0 Å². The first-order valence-corrected chi connectivity index (χ1v) is 3.61. The predicted molar refractivity (Wildman–Crippen MR) is 39.6 cm³/mol. The van der Waals surface area contributed by atoms with Crippen molar-refractivity contribution in [1.82, 2.24) is 10.2 Å². The molecule has 0 aromatic heterocycles. The number of hydrogen-bond donors (Lipinski definition) is 1. The first kappa shape index (κ1) is 7.03. The van der Waals surface area contributed by atoms with Crippen molar-refractivity contribution in [1.29, 1.82) is 0 Å². The van der Waals surface area contributed by atoms with E-state index in [0.717, 1.165) is 6.04 Å². The molecule has 0 amide bonds. The van der Waals surface area contributed by atoms with E-state index in [9.17, 15) is 0 Å². The van der Waals surface area contributed by atoms with Gasteiger partial charge in [0.25, 0.3) is 0 Å². The summed E-state index contributed by atoms with van der Waals surface area (Å²) in [6, 6.07) is 1.44. The van der Waals surface area contributed by atoms with Gasteiger partial charge in [0.2, 0.25) is 0 Å². The van der Waals surface area contributed by atoms with Gasteiger partial charge < -0.3 is 10.2 Å². The van der Waals surface area contributed by atoms with E-state index in [-0.39, 0.29) is 0 Å². The largest absolute Gasteiger partial charge is 0.313 e. The summed E-state index contributed by atoms with van der Waals surface area (Å²) < 4.78 is 0. The topological polar surface area (TPSA) is 15.3 Å². The van der Waals surface area contributed by atoms with Gasteiger partial charge in [0.1, 0.15) is 0 Å². The standard InChI is InChI=1S/C7H16N2/c1-6-7(9(2)3)4-5-8-6/h6-8H,4-5H2,1-3H3/t6-,7+/m1/s1. The van der Waals surface area contributed by atoms with Crippen LogP contribution in [0.4, 0.5) is 0 Å². The van der Waals surface area contributed by atoms with Crippen molar-refractivity contribution >= 4 is 0 Å². The molecule has 0 bridgehead atoms. The van der Waals surface area contributed by atoms with Gasteiger partial charge in [-0.3, -0.25) is 0 Å². The molecule has 2 atom stereocenters. The molecule has 1 rings (SSSR count). The summed E-state index contributed by atoms with van der Waals surface area (Å²) in [5.74, 6) is 0. The zero-order chi connectivity index (χ0) is 6.85. The summed E-state index contributed by atoms with van der Waals surface area (Å²) in [6.07, 6.45) is 1.30. The molecule has 1 N–H and O–H groups in total. The van der Waals surface area contributed by atoms with Crippen LogP contribution in [0.5, 0.6) is 0 Å². The molecule has 0 unspecified atom stereocenters. The molecule has 1 saturated heterocycles. The van der Waals surface area contributed by atoms with Gasteiger partial charge in [-0.05, 0) is 34.0 Å². The van der Waals surface area contributed by atoms with Crippen LogP contribution < -0.4 is 5.32 Å². The monoisotopic (exact) mass is 128 g/mol. The minimum absolute atomic E-state index is 0.681. The molecule has 0 saturated carbocycles. The molecule has 0 aromatic carbocycles. The van der Waals surface area contributed by atoms with Crippen LogP contribution in [0.15, 0.2) is 0 Å². The second-order valence-corrected chi connectivity index (χ2v) is 3.06. The maximum atomic E-state index is 3.41. The van der Waals surface area contributed by atoms with E-state index < -0.39 is 0 Å². The summed E-state index contributed by atoms with van der Waals surface area (Å²) in [4.78, 5) is 2.30. The Morgan fingerprint density at radius 2 is 2.11 bits per heavy atom. The van der Waals surface area contributed by atoms with Crippen LogP contribution in [0.1, 0.15) is 13.3 Å². The van der Waals surface area contributed by atoms with Crippen LogP contribution in [-0.4, -0.2) is 37.6 Å². The van der Waals surface area contributed by atoms with Crippen molar-refractivity contribution in [3.05, 3.63) is 0 Å². The number of nitrogens with zero attached hydrogens (tertiary/aromatic N) is 1. The number of hydrogen-bond acceptors (Lipinski definition) is 2. The molecule has 1 aliphatic rings. The van der Waals surface area contributed by atoms with Gasteiger partial charge in [0.05, 0.1) is 0 Å². The molecular weight excluding hydrogens is 112 g/mol. The smallest absolute Gasteiger partial charge is 0.0252 e. The van der Waals surface area contributed by atoms with Crippen molar-refractivity contribution in [2.45, 2.75) is 25.4 Å². The normalized spacial score (nSPS) is 36.0. The quantitative estimate of drug-likeness (QED) is 0.546. The molecule has 1 fully saturated rings. The van der Waals surface area contributed by atoms with Crippen molar-refractivity contribution < 1.29 is 0 Å². The maximum absolute atomic E-state index is 3.41. The van der Waals surface area contributed by atoms with E-state index in [1.165, 1.54) is 13.0 Å². The third-order valence-corrected chi connectivity index (χ3v) is 2.15. The predicted octanol–water partition coefficient (Wildman–Crippen LogP) is 0.298. The van der Waals surface area contributed by atoms with Crippen LogP contribution in [0, 0.1) is 0 Å². The summed E-state index contributed by atoms with van der Waals surface area (Å²) >= 11 is 0. The summed E-state index contributed by atoms with van der Waals surface area (Å²) in [7, 11) is 4.29. The Morgan fingerprint density at radius 1 is 1.44 bits per heavy atom. The lowest BCUT2D eigenvalue weighted by atomic mass is 10.1. The summed E-state index contributed by atoms with van der Waals surface area (Å²) in [6.45, 7) is 3.43. The van der Waals surface area contributed by atoms with Gasteiger partial charge in [-0.15, -0.1) is 0 Å². The van der Waals surface area contributed by atoms with Gasteiger partial charge in [0, 0.05) is 12.1 Å². The zero-order valence-corrected chi connectivity index (χ0v) is 6.52. The Labute approximate surface area is 57.2 Å². The first-order valence-electron chi connectivity index (χ1n) is 3.61. The van der Waals surface area contributed by atoms with Gasteiger partial charge in [-0.25, -0.2) is 0 Å². The average molecular weight is 128 g/mol. The molecule has 2 nitrogen and oxygen atoms in total. The van der Waals surface area contributed by atoms with Gasteiger partial charge in [-0.1, -0.05) is 0 Å². The first-order chi connectivity index (χ1) is 4.22. The van der Waals surface area contributed by atoms with Crippen molar-refractivity contribution in [2.24, 2.45) is 0 Å². The Balaban J connectivity index is 2.40. The number of likely N-dealkylation sites (N-methyl/N-ethyl adjacent to an activating group) is 1. The molecule has 0 aliphatic carbocycles. The molecular formula is C7H16N2. The van der Waals surface area contributed by atoms with E-state index in [0.29, 0.717) is 6.04 Å². The third-order valence-electron chi connectivity index (χ3n) is 2.15. The molecule has 1 aliphatic heterocycles. The number of rotatable bonds is 1. The minimum atomic E-state index is 0.681. The fourth-order valence-electron chi connectivity index (χ4n) is 1.55. The molecule has 54 valence electrons. The maximum Gasteiger partial charge on any atom is 0.0252 e. The lowest BCUT2D eigenvalue weighted by Gasteiger charge is -2.22. The summed E-state index contributed by atoms with van der Waals surface area (Å²) in [5, 5.41) is 3.41. The van der Waals surface area contributed by atoms with Crippen LogP contribution in [-0.2, 0) is 0 Å². The van der Waals surface area contributed by atoms with Crippen LogP contribution in [0.25, 0.3) is 0 Å². The van der Waals surface area contributed by atoms with Gasteiger partial charge in [0.15, 0.2) is 0 Å². The van der Waals surface area contributed by atoms with E-state index in [4.69, 9.17) is 0 Å². The lowest BCUT2D eigenvalue weighted by Crippen LogP contribution is -2.37. The SMILES string of the molecule is C[C@H]1NCC[C@@H]1N(C)C. The fraction of sp³-hybridized carbons (Fsp3) is 1.00. The van der Waals surface area contributed by atoms with Crippen LogP contribution in [0.3, 0.4) is 0 Å². The summed E-state index contributed by atoms with van der Waals surface area (Å²) in [5.41, 5.74) is 0. The van der Waals surface area contributed by atoms with E-state index in [2.05, 4.69) is 31.2 Å². The van der Waals surface area contributed by atoms with Crippen molar-refractivity contribution in [3.8, 4) is 0 Å². The molecule has 0 radical (unpaired) electrons. The molecule has 2 heteroatoms. The van der Waals surface area contributed by atoms with Gasteiger partial charge in [-0.2, -0.15) is 0 Å². The highest BCUT2D eigenvalue weighted by Crippen LogP contribution is 2.10. The highest BCUT2D eigenvalue weighted by atomic mass is 15.2. The molecule has 0 spiro atoms. The van der Waals surface area contributed by atoms with E-state index >= 15 is 0 Å². The highest BCUT2D eigenvalue weighted by molar-refractivity contribution is 4.85. The Morgan fingerprint density at radius 3 is 2.33 bits per heavy atom. The Hall–Kier alpha value is -0.0800. The molecule has 0 aromatic rings. The second kappa shape index (κ2) is 2.67. The highest BCUT2D eigenvalue weighted by Gasteiger charge is 2.23. The zero-order valence-electron chi connectivity index (χ0n) is 6.52. The van der Waals surface area contributed by atoms with E-state index in [1.807, 2.05) is 0 Å². The fourth-order valence-corrected chi connectivity index (χ4v) is 1.55. The third kappa shape index (κ3) is 1.43. The molecule has 1 heterocycles. The van der Waals surface area contributed by atoms with Crippen LogP contribution >= 0.6 is 0 Å². The number of nitrogens with one attached hydrogen (secondary N) is 1.